The van der Waals surface area contributed by atoms with E-state index in [0.29, 0.717) is 6.42 Å². The molecule has 0 radical (unpaired) electrons. The minimum absolute atomic E-state index is 0.111. The molecular formula is C15H24N4O3. The maximum atomic E-state index is 12.9. The summed E-state index contributed by atoms with van der Waals surface area (Å²) in [4.78, 5) is 30.6. The average molecular weight is 308 g/mol. The summed E-state index contributed by atoms with van der Waals surface area (Å²) in [6, 6.07) is -0.682. The second-order valence-corrected chi connectivity index (χ2v) is 6.54. The summed E-state index contributed by atoms with van der Waals surface area (Å²) < 4.78 is 1.81. The van der Waals surface area contributed by atoms with Crippen LogP contribution in [0.15, 0.2) is 12.5 Å². The molecule has 1 heterocycles. The highest BCUT2D eigenvalue weighted by molar-refractivity contribution is 5.94. The van der Waals surface area contributed by atoms with Crippen LogP contribution in [0.3, 0.4) is 0 Å². The molecule has 7 nitrogen and oxygen atoms in total. The van der Waals surface area contributed by atoms with Gasteiger partial charge in [0.2, 0.25) is 5.91 Å². The van der Waals surface area contributed by atoms with Gasteiger partial charge in [-0.15, -0.1) is 0 Å². The van der Waals surface area contributed by atoms with Crippen LogP contribution in [0.25, 0.3) is 0 Å². The van der Waals surface area contributed by atoms with Gasteiger partial charge in [0.1, 0.15) is 6.04 Å². The van der Waals surface area contributed by atoms with Crippen molar-refractivity contribution in [3.05, 3.63) is 18.2 Å². The highest BCUT2D eigenvalue weighted by Crippen LogP contribution is 2.49. The first-order valence-electron chi connectivity index (χ1n) is 7.51. The van der Waals surface area contributed by atoms with E-state index in [9.17, 15) is 9.59 Å². The number of aromatic nitrogens is 2. The van der Waals surface area contributed by atoms with Crippen LogP contribution in [0, 0.1) is 5.92 Å². The number of rotatable bonds is 6. The van der Waals surface area contributed by atoms with E-state index in [2.05, 4.69) is 4.98 Å². The van der Waals surface area contributed by atoms with Crippen LogP contribution in [0.2, 0.25) is 0 Å². The van der Waals surface area contributed by atoms with Gasteiger partial charge in [0.15, 0.2) is 0 Å². The van der Waals surface area contributed by atoms with Gasteiger partial charge in [-0.2, -0.15) is 0 Å². The zero-order valence-electron chi connectivity index (χ0n) is 13.5. The van der Waals surface area contributed by atoms with Crippen molar-refractivity contribution in [1.82, 2.24) is 19.9 Å². The Balaban J connectivity index is 2.21. The minimum Gasteiger partial charge on any atom is -0.340 e. The summed E-state index contributed by atoms with van der Waals surface area (Å²) in [7, 11) is 3.48. The monoisotopic (exact) mass is 308 g/mol. The molecule has 1 fully saturated rings. The molecule has 1 aliphatic rings. The number of likely N-dealkylation sites (N-methyl/N-ethyl adjacent to an activating group) is 1. The van der Waals surface area contributed by atoms with Crippen LogP contribution in [0.4, 0.5) is 0 Å². The van der Waals surface area contributed by atoms with Gasteiger partial charge in [-0.25, -0.2) is 10.5 Å². The first kappa shape index (κ1) is 16.5. The Bertz CT molecular complexity index is 563. The number of aryl methyl sites for hydroxylation is 1. The van der Waals surface area contributed by atoms with E-state index >= 15 is 0 Å². The second kappa shape index (κ2) is 6.08. The summed E-state index contributed by atoms with van der Waals surface area (Å²) in [5.74, 6) is -0.440. The van der Waals surface area contributed by atoms with Crippen LogP contribution >= 0.6 is 0 Å². The van der Waals surface area contributed by atoms with E-state index in [0.717, 1.165) is 18.5 Å². The summed E-state index contributed by atoms with van der Waals surface area (Å²) in [6.45, 7) is 3.95. The fourth-order valence-electron chi connectivity index (χ4n) is 2.81. The summed E-state index contributed by atoms with van der Waals surface area (Å²) >= 11 is 0. The summed E-state index contributed by atoms with van der Waals surface area (Å²) in [5, 5.41) is 8.93. The van der Waals surface area contributed by atoms with E-state index in [1.54, 1.807) is 18.9 Å². The quantitative estimate of drug-likeness (QED) is 0.602. The number of nitrogens with one attached hydrogen (secondary N) is 1. The lowest BCUT2D eigenvalue weighted by Crippen LogP contribution is -2.50. The SMILES string of the molecule is CC(C)C[C@H](C(=O)NO)N(C)C(=O)C1(c2cn(C)cn2)CC1. The first-order chi connectivity index (χ1) is 10.3. The number of nitrogens with zero attached hydrogens (tertiary/aromatic N) is 3. The molecule has 1 aliphatic carbocycles. The summed E-state index contributed by atoms with van der Waals surface area (Å²) in [6.07, 6.45) is 5.49. The predicted octanol–water partition coefficient (Wildman–Crippen LogP) is 0.830. The molecule has 1 atom stereocenters. The average Bonchev–Trinajstić information content (AvgIpc) is 3.18. The summed E-state index contributed by atoms with van der Waals surface area (Å²) in [5.41, 5.74) is 1.81. The Kier molecular flexibility index (Phi) is 4.55. The predicted molar refractivity (Wildman–Crippen MR) is 80.1 cm³/mol. The topological polar surface area (TPSA) is 87.5 Å². The minimum atomic E-state index is -0.682. The Hall–Kier alpha value is -1.89. The Morgan fingerprint density at radius 2 is 2.14 bits per heavy atom. The molecule has 22 heavy (non-hydrogen) atoms. The highest BCUT2D eigenvalue weighted by Gasteiger charge is 2.55. The lowest BCUT2D eigenvalue weighted by atomic mass is 9.97. The number of carbonyl (C=O) groups is 2. The molecule has 0 saturated heterocycles. The fourth-order valence-corrected chi connectivity index (χ4v) is 2.81. The number of hydrogen-bond acceptors (Lipinski definition) is 4. The number of hydrogen-bond donors (Lipinski definition) is 2. The molecule has 2 amide bonds. The van der Waals surface area contributed by atoms with Crippen molar-refractivity contribution < 1.29 is 14.8 Å². The molecule has 2 N–H and O–H groups in total. The third-order valence-electron chi connectivity index (χ3n) is 4.25. The van der Waals surface area contributed by atoms with Crippen LogP contribution in [-0.2, 0) is 22.1 Å². The molecule has 2 rings (SSSR count). The van der Waals surface area contributed by atoms with Crippen molar-refractivity contribution in [1.29, 1.82) is 0 Å². The smallest absolute Gasteiger partial charge is 0.266 e. The molecule has 0 aromatic carbocycles. The van der Waals surface area contributed by atoms with Gasteiger partial charge >= 0.3 is 0 Å². The van der Waals surface area contributed by atoms with Crippen molar-refractivity contribution in [3.8, 4) is 0 Å². The van der Waals surface area contributed by atoms with E-state index in [4.69, 9.17) is 5.21 Å². The van der Waals surface area contributed by atoms with Crippen molar-refractivity contribution in [2.45, 2.75) is 44.6 Å². The Morgan fingerprint density at radius 3 is 2.55 bits per heavy atom. The van der Waals surface area contributed by atoms with Crippen molar-refractivity contribution in [2.24, 2.45) is 13.0 Å². The third-order valence-corrected chi connectivity index (χ3v) is 4.25. The fraction of sp³-hybridized carbons (Fsp3) is 0.667. The Morgan fingerprint density at radius 1 is 1.50 bits per heavy atom. The standard InChI is InChI=1S/C15H24N4O3/c1-10(2)7-11(13(20)17-22)19(4)14(21)15(5-6-15)12-8-18(3)9-16-12/h8-11,22H,5-7H2,1-4H3,(H,17,20)/t11-/m1/s1. The third kappa shape index (κ3) is 2.99. The van der Waals surface area contributed by atoms with Gasteiger partial charge in [0, 0.05) is 20.3 Å². The highest BCUT2D eigenvalue weighted by atomic mass is 16.5. The van der Waals surface area contributed by atoms with Crippen LogP contribution < -0.4 is 5.48 Å². The molecular weight excluding hydrogens is 284 g/mol. The largest absolute Gasteiger partial charge is 0.340 e. The molecule has 122 valence electrons. The maximum Gasteiger partial charge on any atom is 0.266 e. The van der Waals surface area contributed by atoms with Gasteiger partial charge in [-0.3, -0.25) is 14.8 Å². The van der Waals surface area contributed by atoms with Crippen molar-refractivity contribution in [2.75, 3.05) is 7.05 Å². The van der Waals surface area contributed by atoms with E-state index < -0.39 is 17.4 Å². The maximum absolute atomic E-state index is 12.9. The molecule has 1 aromatic heterocycles. The second-order valence-electron chi connectivity index (χ2n) is 6.54. The van der Waals surface area contributed by atoms with Gasteiger partial charge in [-0.1, -0.05) is 13.8 Å². The van der Waals surface area contributed by atoms with Crippen LogP contribution in [0.1, 0.15) is 38.8 Å². The lowest BCUT2D eigenvalue weighted by molar-refractivity contribution is -0.145. The molecule has 0 unspecified atom stereocenters. The number of amides is 2. The number of imidazole rings is 1. The van der Waals surface area contributed by atoms with Gasteiger partial charge in [0.25, 0.3) is 5.91 Å². The van der Waals surface area contributed by atoms with E-state index in [1.165, 1.54) is 4.90 Å². The van der Waals surface area contributed by atoms with Crippen LogP contribution in [-0.4, -0.2) is 44.6 Å². The Labute approximate surface area is 130 Å². The number of carbonyl (C=O) groups excluding carboxylic acids is 2. The van der Waals surface area contributed by atoms with E-state index in [-0.39, 0.29) is 11.8 Å². The zero-order valence-corrected chi connectivity index (χ0v) is 13.5. The molecule has 1 saturated carbocycles. The van der Waals surface area contributed by atoms with E-state index in [1.807, 2.05) is 31.7 Å². The number of hydroxylamine groups is 1. The van der Waals surface area contributed by atoms with Crippen molar-refractivity contribution >= 4 is 11.8 Å². The molecule has 7 heteroatoms. The molecule has 0 spiro atoms. The van der Waals surface area contributed by atoms with Crippen molar-refractivity contribution in [3.63, 3.8) is 0 Å². The molecule has 1 aromatic rings. The van der Waals surface area contributed by atoms with Crippen LogP contribution in [0.5, 0.6) is 0 Å². The first-order valence-corrected chi connectivity index (χ1v) is 7.51. The van der Waals surface area contributed by atoms with Gasteiger partial charge < -0.3 is 9.47 Å². The van der Waals surface area contributed by atoms with Gasteiger partial charge in [0.05, 0.1) is 17.4 Å². The zero-order chi connectivity index (χ0) is 16.5. The van der Waals surface area contributed by atoms with Gasteiger partial charge in [-0.05, 0) is 25.2 Å². The normalized spacial score (nSPS) is 17.2. The molecule has 0 bridgehead atoms. The molecule has 0 aliphatic heterocycles. The lowest BCUT2D eigenvalue weighted by Gasteiger charge is -2.30.